The first-order valence-electron chi connectivity index (χ1n) is 13.6. The normalized spacial score (nSPS) is 18.6. The molecule has 2 fully saturated rings. The molecule has 0 spiro atoms. The van der Waals surface area contributed by atoms with E-state index in [1.54, 1.807) is 0 Å². The van der Waals surface area contributed by atoms with Gasteiger partial charge in [-0.2, -0.15) is 5.10 Å². The Bertz CT molecular complexity index is 1330. The number of hydrogen-bond acceptors (Lipinski definition) is 7. The maximum absolute atomic E-state index is 13.9. The van der Waals surface area contributed by atoms with Gasteiger partial charge in [-0.15, -0.1) is 0 Å². The summed E-state index contributed by atoms with van der Waals surface area (Å²) in [6.07, 6.45) is 3.03. The third-order valence-corrected chi connectivity index (χ3v) is 7.78. The van der Waals surface area contributed by atoms with Crippen LogP contribution in [0.2, 0.25) is 5.02 Å². The number of alkyl halides is 2. The van der Waals surface area contributed by atoms with E-state index in [1.165, 1.54) is 4.68 Å². The van der Waals surface area contributed by atoms with Gasteiger partial charge in [-0.25, -0.2) is 23.5 Å². The topological polar surface area (TPSA) is 90.6 Å². The fourth-order valence-corrected chi connectivity index (χ4v) is 5.87. The van der Waals surface area contributed by atoms with Crippen molar-refractivity contribution in [2.45, 2.75) is 39.2 Å². The largest absolute Gasteiger partial charge is 0.478 e. The summed E-state index contributed by atoms with van der Waals surface area (Å²) in [5.74, 6) is -0.0693. The van der Waals surface area contributed by atoms with Gasteiger partial charge in [0.15, 0.2) is 0 Å². The lowest BCUT2D eigenvalue weighted by atomic mass is 10.0. The zero-order valence-corrected chi connectivity index (χ0v) is 23.4. The standard InChI is InChI=1S/C28H34ClF2N7O2/c1-18(2)16-35-8-10-36(11-9-35)28-32-13-19(14-33-28)22-6-5-20(29)12-24(22)37-7-3-4-21(17-37)38-25(26(30)31)23(15-34-38)27(39)40/h5-6,12-15,18,21,26H,3-4,7-11,16-17H2,1-2H3,(H,39,40). The van der Waals surface area contributed by atoms with Crippen LogP contribution in [0.25, 0.3) is 11.1 Å². The van der Waals surface area contributed by atoms with E-state index in [9.17, 15) is 18.7 Å². The van der Waals surface area contributed by atoms with Crippen molar-refractivity contribution < 1.29 is 18.7 Å². The number of carbonyl (C=O) groups is 1. The highest BCUT2D eigenvalue weighted by Gasteiger charge is 2.31. The number of anilines is 2. The fourth-order valence-electron chi connectivity index (χ4n) is 5.70. The van der Waals surface area contributed by atoms with Crippen LogP contribution in [0.1, 0.15) is 55.2 Å². The molecule has 1 N–H and O–H groups in total. The van der Waals surface area contributed by atoms with Gasteiger partial charge in [-0.1, -0.05) is 31.5 Å². The fraction of sp³-hybridized carbons (Fsp3) is 0.500. The molecule has 9 nitrogen and oxygen atoms in total. The molecule has 1 aromatic carbocycles. The zero-order valence-electron chi connectivity index (χ0n) is 22.7. The molecule has 0 bridgehead atoms. The number of hydrogen-bond donors (Lipinski definition) is 1. The van der Waals surface area contributed by atoms with Crippen LogP contribution in [-0.2, 0) is 0 Å². The molecule has 0 amide bonds. The molecule has 1 atom stereocenters. The predicted molar refractivity (Wildman–Crippen MR) is 151 cm³/mol. The Labute approximate surface area is 237 Å². The van der Waals surface area contributed by atoms with Gasteiger partial charge in [0.1, 0.15) is 11.3 Å². The van der Waals surface area contributed by atoms with E-state index in [-0.39, 0.29) is 0 Å². The molecule has 4 heterocycles. The average molecular weight is 574 g/mol. The summed E-state index contributed by atoms with van der Waals surface area (Å²) in [5.41, 5.74) is 1.55. The molecule has 2 aromatic heterocycles. The van der Waals surface area contributed by atoms with Gasteiger partial charge in [0.2, 0.25) is 5.95 Å². The first kappa shape index (κ1) is 28.2. The molecule has 3 aromatic rings. The smallest absolute Gasteiger partial charge is 0.339 e. The average Bonchev–Trinajstić information content (AvgIpc) is 3.40. The van der Waals surface area contributed by atoms with Crippen molar-refractivity contribution in [3.05, 3.63) is 53.1 Å². The van der Waals surface area contributed by atoms with Crippen molar-refractivity contribution in [1.82, 2.24) is 24.6 Å². The van der Waals surface area contributed by atoms with Crippen molar-refractivity contribution in [3.8, 4) is 11.1 Å². The van der Waals surface area contributed by atoms with Crippen molar-refractivity contribution in [1.29, 1.82) is 0 Å². The number of halogens is 3. The number of carboxylic acids is 1. The minimum absolute atomic E-state index is 0.382. The molecular weight excluding hydrogens is 540 g/mol. The molecular formula is C28H34ClF2N7O2. The molecule has 0 aliphatic carbocycles. The second kappa shape index (κ2) is 12.1. The summed E-state index contributed by atoms with van der Waals surface area (Å²) in [6, 6.07) is 5.18. The van der Waals surface area contributed by atoms with Crippen LogP contribution >= 0.6 is 11.6 Å². The molecule has 214 valence electrons. The Kier molecular flexibility index (Phi) is 8.51. The Balaban J connectivity index is 1.36. The SMILES string of the molecule is CC(C)CN1CCN(c2ncc(-c3ccc(Cl)cc3N3CCCC(n4ncc(C(=O)O)c4C(F)F)C3)cn2)CC1. The van der Waals surface area contributed by atoms with E-state index in [0.717, 1.165) is 62.2 Å². The van der Waals surface area contributed by atoms with Gasteiger partial charge in [0.05, 0.1) is 12.2 Å². The molecule has 5 rings (SSSR count). The lowest BCUT2D eigenvalue weighted by Crippen LogP contribution is -2.47. The zero-order chi connectivity index (χ0) is 28.4. The third kappa shape index (κ3) is 6.05. The lowest BCUT2D eigenvalue weighted by Gasteiger charge is -2.36. The number of benzene rings is 1. The van der Waals surface area contributed by atoms with E-state index in [4.69, 9.17) is 11.6 Å². The van der Waals surface area contributed by atoms with Gasteiger partial charge in [-0.3, -0.25) is 9.58 Å². The highest BCUT2D eigenvalue weighted by molar-refractivity contribution is 6.31. The Morgan fingerprint density at radius 1 is 1.07 bits per heavy atom. The first-order valence-corrected chi connectivity index (χ1v) is 14.0. The van der Waals surface area contributed by atoms with E-state index >= 15 is 0 Å². The maximum Gasteiger partial charge on any atom is 0.339 e. The van der Waals surface area contributed by atoms with E-state index in [2.05, 4.69) is 43.6 Å². The molecule has 1 unspecified atom stereocenters. The van der Waals surface area contributed by atoms with Crippen molar-refractivity contribution in [2.75, 3.05) is 55.6 Å². The molecule has 2 saturated heterocycles. The van der Waals surface area contributed by atoms with Crippen LogP contribution in [0, 0.1) is 5.92 Å². The summed E-state index contributed by atoms with van der Waals surface area (Å²) >= 11 is 6.40. The van der Waals surface area contributed by atoms with Crippen LogP contribution in [0.5, 0.6) is 0 Å². The molecule has 0 saturated carbocycles. The molecule has 2 aliphatic rings. The highest BCUT2D eigenvalue weighted by Crippen LogP contribution is 2.37. The van der Waals surface area contributed by atoms with Crippen LogP contribution in [0.3, 0.4) is 0 Å². The second-order valence-electron chi connectivity index (χ2n) is 10.9. The molecule has 40 heavy (non-hydrogen) atoms. The predicted octanol–water partition coefficient (Wildman–Crippen LogP) is 5.25. The number of aromatic nitrogens is 4. The number of piperidine rings is 1. The monoisotopic (exact) mass is 573 g/mol. The molecule has 0 radical (unpaired) electrons. The van der Waals surface area contributed by atoms with Crippen LogP contribution in [-0.4, -0.2) is 81.5 Å². The van der Waals surface area contributed by atoms with Gasteiger partial charge in [-0.05, 0) is 30.9 Å². The number of piperazine rings is 1. The van der Waals surface area contributed by atoms with Gasteiger partial charge in [0, 0.05) is 80.0 Å². The third-order valence-electron chi connectivity index (χ3n) is 7.54. The van der Waals surface area contributed by atoms with Crippen molar-refractivity contribution >= 4 is 29.2 Å². The van der Waals surface area contributed by atoms with Crippen LogP contribution in [0.4, 0.5) is 20.4 Å². The van der Waals surface area contributed by atoms with E-state index < -0.39 is 29.7 Å². The van der Waals surface area contributed by atoms with E-state index in [1.807, 2.05) is 30.6 Å². The van der Waals surface area contributed by atoms with Gasteiger partial charge in [0.25, 0.3) is 6.43 Å². The maximum atomic E-state index is 13.9. The molecule has 12 heteroatoms. The molecule has 2 aliphatic heterocycles. The Hall–Kier alpha value is -3.31. The number of carboxylic acid groups (broad SMARTS) is 1. The van der Waals surface area contributed by atoms with Gasteiger partial charge < -0.3 is 14.9 Å². The summed E-state index contributed by atoms with van der Waals surface area (Å²) < 4.78 is 28.9. The Morgan fingerprint density at radius 3 is 2.45 bits per heavy atom. The van der Waals surface area contributed by atoms with E-state index in [0.29, 0.717) is 36.4 Å². The quantitative estimate of drug-likeness (QED) is 0.391. The summed E-state index contributed by atoms with van der Waals surface area (Å²) in [7, 11) is 0. The minimum Gasteiger partial charge on any atom is -0.478 e. The van der Waals surface area contributed by atoms with Crippen molar-refractivity contribution in [3.63, 3.8) is 0 Å². The van der Waals surface area contributed by atoms with Crippen molar-refractivity contribution in [2.24, 2.45) is 5.92 Å². The summed E-state index contributed by atoms with van der Waals surface area (Å²) in [6.45, 7) is 10.4. The highest BCUT2D eigenvalue weighted by atomic mass is 35.5. The minimum atomic E-state index is -2.94. The van der Waals surface area contributed by atoms with Crippen LogP contribution in [0.15, 0.2) is 36.8 Å². The summed E-state index contributed by atoms with van der Waals surface area (Å²) in [5, 5.41) is 14.0. The van der Waals surface area contributed by atoms with Gasteiger partial charge >= 0.3 is 5.97 Å². The Morgan fingerprint density at radius 2 is 1.80 bits per heavy atom. The number of nitrogens with zero attached hydrogens (tertiary/aromatic N) is 7. The number of aromatic carboxylic acids is 1. The second-order valence-corrected chi connectivity index (χ2v) is 11.3. The summed E-state index contributed by atoms with van der Waals surface area (Å²) in [4.78, 5) is 27.6. The first-order chi connectivity index (χ1) is 19.2. The lowest BCUT2D eigenvalue weighted by molar-refractivity contribution is 0.0681. The number of rotatable bonds is 8. The van der Waals surface area contributed by atoms with Crippen LogP contribution < -0.4 is 9.80 Å².